The molecule has 6 rings (SSSR count). The zero-order chi connectivity index (χ0) is 24.3. The van der Waals surface area contributed by atoms with Crippen molar-refractivity contribution in [3.63, 3.8) is 0 Å². The summed E-state index contributed by atoms with van der Waals surface area (Å²) in [4.78, 5) is 42.7. The van der Waals surface area contributed by atoms with Crippen LogP contribution in [0.4, 0.5) is 11.4 Å². The first kappa shape index (κ1) is 21.3. The van der Waals surface area contributed by atoms with Crippen molar-refractivity contribution < 1.29 is 14.4 Å². The van der Waals surface area contributed by atoms with Crippen molar-refractivity contribution in [2.75, 3.05) is 10.2 Å². The second kappa shape index (κ2) is 7.91. The van der Waals surface area contributed by atoms with Gasteiger partial charge in [-0.05, 0) is 48.7 Å². The van der Waals surface area contributed by atoms with Gasteiger partial charge < -0.3 is 5.32 Å². The van der Waals surface area contributed by atoms with Crippen LogP contribution in [0.15, 0.2) is 77.9 Å². The van der Waals surface area contributed by atoms with Crippen molar-refractivity contribution in [1.29, 1.82) is 0 Å². The Labute approximate surface area is 203 Å². The van der Waals surface area contributed by atoms with E-state index in [0.717, 1.165) is 22.3 Å². The minimum atomic E-state index is -0.915. The Balaban J connectivity index is 1.46. The molecule has 0 unspecified atom stereocenters. The molecular weight excluding hydrogens is 440 g/mol. The van der Waals surface area contributed by atoms with E-state index >= 15 is 0 Å². The largest absolute Gasteiger partial charge is 0.324 e. The first-order chi connectivity index (χ1) is 17.0. The van der Waals surface area contributed by atoms with Crippen molar-refractivity contribution >= 4 is 35.3 Å². The molecule has 4 atom stereocenters. The van der Waals surface area contributed by atoms with Crippen LogP contribution < -0.4 is 10.2 Å². The van der Waals surface area contributed by atoms with Crippen LogP contribution in [0.1, 0.15) is 28.3 Å². The van der Waals surface area contributed by atoms with Gasteiger partial charge in [-0.3, -0.25) is 19.4 Å². The fourth-order valence-electron chi connectivity index (χ4n) is 5.70. The van der Waals surface area contributed by atoms with Crippen LogP contribution in [-0.2, 0) is 14.4 Å². The van der Waals surface area contributed by atoms with E-state index in [1.54, 1.807) is 23.4 Å². The Hall–Kier alpha value is -4.26. The number of hydrogen-bond donors (Lipinski definition) is 1. The Morgan fingerprint density at radius 3 is 2.37 bits per heavy atom. The highest BCUT2D eigenvalue weighted by atomic mass is 16.2. The van der Waals surface area contributed by atoms with Crippen LogP contribution in [0.5, 0.6) is 0 Å². The lowest BCUT2D eigenvalue weighted by Crippen LogP contribution is -2.46. The van der Waals surface area contributed by atoms with E-state index in [2.05, 4.69) is 10.4 Å². The summed E-state index contributed by atoms with van der Waals surface area (Å²) in [5.74, 6) is -2.56. The maximum absolute atomic E-state index is 13.9. The number of carbonyl (C=O) groups excluding carboxylic acids is 3. The standard InChI is InChI=1S/C28H24N4O3/c1-16-12-13-21(17(2)14-16)31-27(34)22-23(28(31)35)25(26(33)30-19-9-4-3-5-10-19)32-24(22)20-11-7-6-8-18(20)15-29-32/h3-15,22-25H,1-2H3,(H,30,33)/t22-,23+,24+,25+/m0/s1. The number of hydrogen-bond acceptors (Lipinski definition) is 5. The molecule has 3 amide bonds. The van der Waals surface area contributed by atoms with Gasteiger partial charge in [0.1, 0.15) is 6.04 Å². The molecule has 3 aliphatic rings. The number of anilines is 2. The molecule has 0 aromatic heterocycles. The number of fused-ring (bicyclic) bond motifs is 5. The van der Waals surface area contributed by atoms with E-state index in [1.165, 1.54) is 4.90 Å². The number of nitrogens with zero attached hydrogens (tertiary/aromatic N) is 3. The highest BCUT2D eigenvalue weighted by Gasteiger charge is 2.65. The number of para-hydroxylation sites is 1. The SMILES string of the molecule is Cc1ccc(N2C(=O)[C@@H]3[C@H](C2=O)[C@H]2c4ccccc4C=NN2[C@H]3C(=O)Nc2ccccc2)c(C)c1. The smallest absolute Gasteiger partial charge is 0.249 e. The van der Waals surface area contributed by atoms with Gasteiger partial charge in [0.2, 0.25) is 17.7 Å². The van der Waals surface area contributed by atoms with E-state index < -0.39 is 23.9 Å². The maximum atomic E-state index is 13.9. The number of aryl methyl sites for hydroxylation is 2. The normalized spacial score (nSPS) is 24.3. The van der Waals surface area contributed by atoms with E-state index in [4.69, 9.17) is 0 Å². The molecule has 35 heavy (non-hydrogen) atoms. The third-order valence-electron chi connectivity index (χ3n) is 7.20. The van der Waals surface area contributed by atoms with Gasteiger partial charge in [0.15, 0.2) is 0 Å². The summed E-state index contributed by atoms with van der Waals surface area (Å²) in [6.45, 7) is 3.86. The van der Waals surface area contributed by atoms with E-state index in [1.807, 2.05) is 74.5 Å². The van der Waals surface area contributed by atoms with Crippen LogP contribution in [0.25, 0.3) is 0 Å². The molecule has 1 N–H and O–H groups in total. The number of amides is 3. The van der Waals surface area contributed by atoms with Gasteiger partial charge in [0.05, 0.1) is 29.8 Å². The summed E-state index contributed by atoms with van der Waals surface area (Å²) in [6, 6.07) is 21.1. The van der Waals surface area contributed by atoms with Crippen molar-refractivity contribution in [3.8, 4) is 0 Å². The Kier molecular flexibility index (Phi) is 4.81. The number of nitrogens with one attached hydrogen (secondary N) is 1. The molecule has 0 saturated carbocycles. The minimum Gasteiger partial charge on any atom is -0.324 e. The topological polar surface area (TPSA) is 82.1 Å². The second-order valence-electron chi connectivity index (χ2n) is 9.35. The predicted octanol–water partition coefficient (Wildman–Crippen LogP) is 3.82. The van der Waals surface area contributed by atoms with Crippen LogP contribution in [0.2, 0.25) is 0 Å². The molecule has 0 spiro atoms. The molecule has 3 heterocycles. The first-order valence-corrected chi connectivity index (χ1v) is 11.7. The monoisotopic (exact) mass is 464 g/mol. The number of hydrazone groups is 1. The molecular formula is C28H24N4O3. The van der Waals surface area contributed by atoms with Crippen LogP contribution in [-0.4, -0.2) is 35.0 Å². The van der Waals surface area contributed by atoms with Crippen LogP contribution >= 0.6 is 0 Å². The zero-order valence-corrected chi connectivity index (χ0v) is 19.4. The van der Waals surface area contributed by atoms with Gasteiger partial charge >= 0.3 is 0 Å². The highest BCUT2D eigenvalue weighted by Crippen LogP contribution is 2.52. The Morgan fingerprint density at radius 2 is 1.60 bits per heavy atom. The van der Waals surface area contributed by atoms with Gasteiger partial charge in [-0.25, -0.2) is 4.90 Å². The summed E-state index contributed by atoms with van der Waals surface area (Å²) in [5, 5.41) is 9.16. The average molecular weight is 465 g/mol. The van der Waals surface area contributed by atoms with E-state index in [-0.39, 0.29) is 17.7 Å². The Bertz CT molecular complexity index is 1400. The zero-order valence-electron chi connectivity index (χ0n) is 19.4. The van der Waals surface area contributed by atoms with Gasteiger partial charge in [0.25, 0.3) is 0 Å². The average Bonchev–Trinajstić information content (AvgIpc) is 3.33. The quantitative estimate of drug-likeness (QED) is 0.598. The van der Waals surface area contributed by atoms with Crippen LogP contribution in [0, 0.1) is 25.7 Å². The molecule has 2 fully saturated rings. The second-order valence-corrected chi connectivity index (χ2v) is 9.35. The third-order valence-corrected chi connectivity index (χ3v) is 7.20. The minimum absolute atomic E-state index is 0.288. The van der Waals surface area contributed by atoms with E-state index in [9.17, 15) is 14.4 Å². The highest BCUT2D eigenvalue weighted by molar-refractivity contribution is 6.24. The number of rotatable bonds is 3. The molecule has 3 aromatic carbocycles. The Morgan fingerprint density at radius 1 is 0.886 bits per heavy atom. The molecule has 2 saturated heterocycles. The summed E-state index contributed by atoms with van der Waals surface area (Å²) in [6.07, 6.45) is 1.70. The van der Waals surface area contributed by atoms with Crippen molar-refractivity contribution in [2.45, 2.75) is 25.9 Å². The van der Waals surface area contributed by atoms with Crippen molar-refractivity contribution in [2.24, 2.45) is 16.9 Å². The molecule has 0 bridgehead atoms. The summed E-state index contributed by atoms with van der Waals surface area (Å²) < 4.78 is 0. The number of carbonyl (C=O) groups is 3. The lowest BCUT2D eigenvalue weighted by molar-refractivity contribution is -0.129. The molecule has 7 heteroatoms. The number of imide groups is 1. The predicted molar refractivity (Wildman–Crippen MR) is 133 cm³/mol. The first-order valence-electron chi connectivity index (χ1n) is 11.7. The molecule has 3 aliphatic heterocycles. The third kappa shape index (κ3) is 3.19. The fraction of sp³-hybridized carbons (Fsp3) is 0.214. The fourth-order valence-corrected chi connectivity index (χ4v) is 5.70. The van der Waals surface area contributed by atoms with Gasteiger partial charge in [-0.1, -0.05) is 60.2 Å². The van der Waals surface area contributed by atoms with Crippen LogP contribution in [0.3, 0.4) is 0 Å². The summed E-state index contributed by atoms with van der Waals surface area (Å²) >= 11 is 0. The lowest BCUT2D eigenvalue weighted by atomic mass is 9.85. The van der Waals surface area contributed by atoms with Crippen molar-refractivity contribution in [1.82, 2.24) is 5.01 Å². The maximum Gasteiger partial charge on any atom is 0.249 e. The molecule has 7 nitrogen and oxygen atoms in total. The summed E-state index contributed by atoms with van der Waals surface area (Å²) in [7, 11) is 0. The molecule has 0 aliphatic carbocycles. The molecule has 174 valence electrons. The number of benzene rings is 3. The molecule has 0 radical (unpaired) electrons. The van der Waals surface area contributed by atoms with E-state index in [0.29, 0.717) is 11.4 Å². The van der Waals surface area contributed by atoms with Crippen molar-refractivity contribution in [3.05, 3.63) is 95.1 Å². The lowest BCUT2D eigenvalue weighted by Gasteiger charge is -2.33. The molecule has 3 aromatic rings. The summed E-state index contributed by atoms with van der Waals surface area (Å²) in [5.41, 5.74) is 4.88. The van der Waals surface area contributed by atoms with Gasteiger partial charge in [0, 0.05) is 5.69 Å². The van der Waals surface area contributed by atoms with Gasteiger partial charge in [-0.2, -0.15) is 5.10 Å². The van der Waals surface area contributed by atoms with Gasteiger partial charge in [-0.15, -0.1) is 0 Å².